The summed E-state index contributed by atoms with van der Waals surface area (Å²) >= 11 is 2.65. The highest BCUT2D eigenvalue weighted by molar-refractivity contribution is 7.99. The van der Waals surface area contributed by atoms with Crippen LogP contribution < -0.4 is 5.32 Å². The molecule has 18 heavy (non-hydrogen) atoms. The van der Waals surface area contributed by atoms with Crippen molar-refractivity contribution in [1.82, 2.24) is 15.0 Å². The fourth-order valence-electron chi connectivity index (χ4n) is 0.988. The van der Waals surface area contributed by atoms with Crippen LogP contribution in [0.25, 0.3) is 0 Å². The van der Waals surface area contributed by atoms with E-state index in [1.54, 1.807) is 0 Å². The van der Waals surface area contributed by atoms with Gasteiger partial charge in [0.1, 0.15) is 0 Å². The zero-order valence-corrected chi connectivity index (χ0v) is 11.4. The lowest BCUT2D eigenvalue weighted by Crippen LogP contribution is -2.10. The Kier molecular flexibility index (Phi) is 8.01. The first kappa shape index (κ1) is 15.4. The van der Waals surface area contributed by atoms with Gasteiger partial charge in [0.2, 0.25) is 5.95 Å². The van der Waals surface area contributed by atoms with E-state index >= 15 is 0 Å². The molecule has 0 aliphatic carbocycles. The minimum atomic E-state index is -0.0100. The summed E-state index contributed by atoms with van der Waals surface area (Å²) in [4.78, 5) is 12.5. The molecule has 0 radical (unpaired) electrons. The fraction of sp³-hybridized carbons (Fsp3) is 0.667. The lowest BCUT2D eigenvalue weighted by molar-refractivity contribution is 0.310. The molecule has 9 heteroatoms. The molecule has 102 valence electrons. The third-order valence-electron chi connectivity index (χ3n) is 1.63. The van der Waals surface area contributed by atoms with Crippen LogP contribution in [-0.4, -0.2) is 68.1 Å². The highest BCUT2D eigenvalue weighted by Crippen LogP contribution is 2.19. The molecule has 0 amide bonds. The summed E-state index contributed by atoms with van der Waals surface area (Å²) in [6, 6.07) is 0. The van der Waals surface area contributed by atoms with Crippen molar-refractivity contribution < 1.29 is 15.3 Å². The van der Waals surface area contributed by atoms with E-state index in [1.807, 2.05) is 0 Å². The molecule has 4 N–H and O–H groups in total. The van der Waals surface area contributed by atoms with Crippen LogP contribution in [0.3, 0.4) is 0 Å². The summed E-state index contributed by atoms with van der Waals surface area (Å²) in [5.41, 5.74) is 0. The van der Waals surface area contributed by atoms with E-state index < -0.39 is 0 Å². The molecule has 1 rings (SSSR count). The minimum absolute atomic E-state index is 0.0100. The molecular weight excluding hydrogens is 276 g/mol. The second-order valence-corrected chi connectivity index (χ2v) is 5.14. The van der Waals surface area contributed by atoms with Gasteiger partial charge in [-0.15, -0.1) is 0 Å². The van der Waals surface area contributed by atoms with Crippen LogP contribution >= 0.6 is 23.5 Å². The molecule has 0 fully saturated rings. The first-order valence-electron chi connectivity index (χ1n) is 5.38. The van der Waals surface area contributed by atoms with Gasteiger partial charge in [-0.05, 0) is 0 Å². The van der Waals surface area contributed by atoms with Gasteiger partial charge in [0, 0.05) is 18.1 Å². The quantitative estimate of drug-likeness (QED) is 0.445. The third-order valence-corrected chi connectivity index (χ3v) is 3.29. The maximum atomic E-state index is 8.77. The Hall–Kier alpha value is -0.610. The molecule has 1 aromatic rings. The van der Waals surface area contributed by atoms with Crippen LogP contribution in [-0.2, 0) is 0 Å². The van der Waals surface area contributed by atoms with Crippen LogP contribution in [0.15, 0.2) is 10.3 Å². The summed E-state index contributed by atoms with van der Waals surface area (Å²) < 4.78 is 0. The van der Waals surface area contributed by atoms with Gasteiger partial charge in [-0.2, -0.15) is 15.0 Å². The van der Waals surface area contributed by atoms with Gasteiger partial charge in [0.05, 0.1) is 19.8 Å². The highest BCUT2D eigenvalue weighted by Gasteiger charge is 2.07. The van der Waals surface area contributed by atoms with Gasteiger partial charge in [0.25, 0.3) is 0 Å². The smallest absolute Gasteiger partial charge is 0.227 e. The van der Waals surface area contributed by atoms with E-state index in [2.05, 4.69) is 20.3 Å². The molecule has 1 heterocycles. The molecule has 0 saturated carbocycles. The fourth-order valence-corrected chi connectivity index (χ4v) is 2.20. The number of rotatable bonds is 9. The SMILES string of the molecule is OCCNc1nc(SCCO)nc(SCCO)n1. The van der Waals surface area contributed by atoms with Crippen molar-refractivity contribution in [1.29, 1.82) is 0 Å². The lowest BCUT2D eigenvalue weighted by atomic mass is 10.7. The second kappa shape index (κ2) is 9.34. The molecule has 0 atom stereocenters. The Labute approximate surface area is 113 Å². The van der Waals surface area contributed by atoms with E-state index in [4.69, 9.17) is 15.3 Å². The predicted octanol–water partition coefficient (Wildman–Crippen LogP) is -0.555. The van der Waals surface area contributed by atoms with Crippen molar-refractivity contribution in [3.05, 3.63) is 0 Å². The molecule has 7 nitrogen and oxygen atoms in total. The molecule has 0 spiro atoms. The van der Waals surface area contributed by atoms with Crippen molar-refractivity contribution in [3.8, 4) is 0 Å². The number of anilines is 1. The maximum absolute atomic E-state index is 8.77. The van der Waals surface area contributed by atoms with Crippen molar-refractivity contribution >= 4 is 29.5 Å². The lowest BCUT2D eigenvalue weighted by Gasteiger charge is -2.06. The predicted molar refractivity (Wildman–Crippen MR) is 71.0 cm³/mol. The number of aromatic nitrogens is 3. The van der Waals surface area contributed by atoms with Crippen LogP contribution in [0, 0.1) is 0 Å². The molecule has 0 unspecified atom stereocenters. The van der Waals surface area contributed by atoms with Gasteiger partial charge in [-0.25, -0.2) is 0 Å². The molecular formula is C9H16N4O3S2. The first-order valence-corrected chi connectivity index (χ1v) is 7.35. The van der Waals surface area contributed by atoms with Gasteiger partial charge in [-0.1, -0.05) is 23.5 Å². The van der Waals surface area contributed by atoms with E-state index in [0.29, 0.717) is 34.3 Å². The van der Waals surface area contributed by atoms with E-state index in [9.17, 15) is 0 Å². The largest absolute Gasteiger partial charge is 0.396 e. The average molecular weight is 292 g/mol. The summed E-state index contributed by atoms with van der Waals surface area (Å²) in [7, 11) is 0. The molecule has 0 saturated heterocycles. The van der Waals surface area contributed by atoms with Crippen molar-refractivity contribution in [3.63, 3.8) is 0 Å². The highest BCUT2D eigenvalue weighted by atomic mass is 32.2. The number of nitrogens with zero attached hydrogens (tertiary/aromatic N) is 3. The third kappa shape index (κ3) is 5.83. The Morgan fingerprint density at radius 2 is 1.39 bits per heavy atom. The number of hydrogen-bond acceptors (Lipinski definition) is 9. The molecule has 1 aromatic heterocycles. The zero-order chi connectivity index (χ0) is 13.2. The zero-order valence-electron chi connectivity index (χ0n) is 9.74. The Morgan fingerprint density at radius 1 is 0.833 bits per heavy atom. The maximum Gasteiger partial charge on any atom is 0.227 e. The van der Waals surface area contributed by atoms with Gasteiger partial charge >= 0.3 is 0 Å². The minimum Gasteiger partial charge on any atom is -0.396 e. The van der Waals surface area contributed by atoms with Crippen molar-refractivity contribution in [2.75, 3.05) is 43.2 Å². The topological polar surface area (TPSA) is 111 Å². The van der Waals surface area contributed by atoms with Crippen LogP contribution in [0.2, 0.25) is 0 Å². The van der Waals surface area contributed by atoms with Gasteiger partial charge < -0.3 is 20.6 Å². The standard InChI is InChI=1S/C9H16N4O3S2/c14-2-1-10-7-11-8(17-5-3-15)13-9(12-7)18-6-4-16/h14-16H,1-6H2,(H,10,11,12,13). The average Bonchev–Trinajstić information content (AvgIpc) is 2.40. The second-order valence-electron chi connectivity index (χ2n) is 3.02. The van der Waals surface area contributed by atoms with E-state index in [-0.39, 0.29) is 19.8 Å². The van der Waals surface area contributed by atoms with E-state index in [1.165, 1.54) is 23.5 Å². The van der Waals surface area contributed by atoms with Crippen molar-refractivity contribution in [2.45, 2.75) is 10.3 Å². The van der Waals surface area contributed by atoms with Crippen LogP contribution in [0.4, 0.5) is 5.95 Å². The molecule has 0 aliphatic rings. The first-order chi connectivity index (χ1) is 8.80. The van der Waals surface area contributed by atoms with Gasteiger partial charge in [-0.3, -0.25) is 0 Å². The number of hydrogen-bond donors (Lipinski definition) is 4. The van der Waals surface area contributed by atoms with Crippen LogP contribution in [0.1, 0.15) is 0 Å². The van der Waals surface area contributed by atoms with Gasteiger partial charge in [0.15, 0.2) is 10.3 Å². The van der Waals surface area contributed by atoms with Crippen LogP contribution in [0.5, 0.6) is 0 Å². The molecule has 0 aliphatic heterocycles. The van der Waals surface area contributed by atoms with E-state index in [0.717, 1.165) is 0 Å². The molecule has 0 aromatic carbocycles. The summed E-state index contributed by atoms with van der Waals surface area (Å²) in [5, 5.41) is 30.2. The molecule has 0 bridgehead atoms. The summed E-state index contributed by atoms with van der Waals surface area (Å²) in [6.45, 7) is 0.450. The Bertz CT molecular complexity index is 292. The Balaban J connectivity index is 2.74. The number of aliphatic hydroxyl groups excluding tert-OH is 3. The monoisotopic (exact) mass is 292 g/mol. The number of thioether (sulfide) groups is 2. The summed E-state index contributed by atoms with van der Waals surface area (Å²) in [5.74, 6) is 1.40. The van der Waals surface area contributed by atoms with Crippen molar-refractivity contribution in [2.24, 2.45) is 0 Å². The Morgan fingerprint density at radius 3 is 1.83 bits per heavy atom. The number of aliphatic hydroxyl groups is 3. The summed E-state index contributed by atoms with van der Waals surface area (Å²) in [6.07, 6.45) is 0. The number of nitrogens with one attached hydrogen (secondary N) is 1. The normalized spacial score (nSPS) is 10.6.